The Kier molecular flexibility index (Phi) is 3.74. The van der Waals surface area contributed by atoms with Gasteiger partial charge in [-0.2, -0.15) is 0 Å². The molecule has 16 heavy (non-hydrogen) atoms. The maximum Gasteiger partial charge on any atom is 0.335 e. The molecule has 0 amide bonds. The van der Waals surface area contributed by atoms with Crippen molar-refractivity contribution in [1.29, 1.82) is 0 Å². The molecule has 0 fully saturated rings. The summed E-state index contributed by atoms with van der Waals surface area (Å²) in [4.78, 5) is 10.5. The number of hydrogen-bond acceptors (Lipinski definition) is 4. The van der Waals surface area contributed by atoms with E-state index in [0.29, 0.717) is 11.3 Å². The van der Waals surface area contributed by atoms with Crippen LogP contribution in [0.5, 0.6) is 0 Å². The number of carbonyl (C=O) groups is 1. The number of carboxylic acid groups (broad SMARTS) is 1. The first-order valence-electron chi connectivity index (χ1n) is 4.49. The van der Waals surface area contributed by atoms with Crippen molar-refractivity contribution in [2.75, 3.05) is 5.73 Å². The number of benzene rings is 1. The summed E-state index contributed by atoms with van der Waals surface area (Å²) in [6.07, 6.45) is -3.42. The summed E-state index contributed by atoms with van der Waals surface area (Å²) in [5.41, 5.74) is 6.78. The Hall–Kier alpha value is -1.30. The molecular formula is C10H12ClNO4. The lowest BCUT2D eigenvalue weighted by Crippen LogP contribution is -2.27. The highest BCUT2D eigenvalue weighted by molar-refractivity contribution is 6.33. The minimum atomic E-state index is -1.89. The number of anilines is 1. The van der Waals surface area contributed by atoms with Crippen LogP contribution in [-0.4, -0.2) is 27.4 Å². The van der Waals surface area contributed by atoms with Gasteiger partial charge in [-0.3, -0.25) is 0 Å². The van der Waals surface area contributed by atoms with Gasteiger partial charge < -0.3 is 21.1 Å². The summed E-state index contributed by atoms with van der Waals surface area (Å²) in [6, 6.07) is 2.82. The van der Waals surface area contributed by atoms with Crippen molar-refractivity contribution in [3.05, 3.63) is 28.3 Å². The van der Waals surface area contributed by atoms with Crippen LogP contribution >= 0.6 is 11.6 Å². The minimum absolute atomic E-state index is 0.214. The van der Waals surface area contributed by atoms with Crippen molar-refractivity contribution < 1.29 is 20.1 Å². The van der Waals surface area contributed by atoms with Gasteiger partial charge in [0, 0.05) is 0 Å². The van der Waals surface area contributed by atoms with Crippen LogP contribution in [0.2, 0.25) is 5.02 Å². The SMILES string of the molecule is Cc1cc(C(O)C(O)C(=O)O)cc(Cl)c1N. The van der Waals surface area contributed by atoms with Crippen molar-refractivity contribution in [3.8, 4) is 0 Å². The van der Waals surface area contributed by atoms with E-state index in [1.165, 1.54) is 12.1 Å². The van der Waals surface area contributed by atoms with E-state index >= 15 is 0 Å². The Labute approximate surface area is 97.1 Å². The van der Waals surface area contributed by atoms with Crippen molar-refractivity contribution in [3.63, 3.8) is 0 Å². The van der Waals surface area contributed by atoms with Crippen LogP contribution in [0.25, 0.3) is 0 Å². The average molecular weight is 246 g/mol. The van der Waals surface area contributed by atoms with Crippen LogP contribution in [0.4, 0.5) is 5.69 Å². The number of carboxylic acids is 1. The Morgan fingerprint density at radius 3 is 2.44 bits per heavy atom. The molecule has 0 spiro atoms. The van der Waals surface area contributed by atoms with E-state index in [2.05, 4.69) is 0 Å². The smallest absolute Gasteiger partial charge is 0.335 e. The second kappa shape index (κ2) is 4.69. The molecule has 0 aromatic heterocycles. The lowest BCUT2D eigenvalue weighted by molar-refractivity contribution is -0.153. The van der Waals surface area contributed by atoms with Crippen molar-refractivity contribution in [2.24, 2.45) is 0 Å². The second-order valence-electron chi connectivity index (χ2n) is 3.46. The highest BCUT2D eigenvalue weighted by Gasteiger charge is 2.25. The Balaban J connectivity index is 3.10. The van der Waals surface area contributed by atoms with E-state index in [1.54, 1.807) is 6.92 Å². The van der Waals surface area contributed by atoms with Crippen LogP contribution < -0.4 is 5.73 Å². The monoisotopic (exact) mass is 245 g/mol. The molecule has 88 valence electrons. The average Bonchev–Trinajstić information content (AvgIpc) is 2.22. The quantitative estimate of drug-likeness (QED) is 0.587. The standard InChI is InChI=1S/C10H12ClNO4/c1-4-2-5(3-6(11)7(4)12)8(13)9(14)10(15)16/h2-3,8-9,13-14H,12H2,1H3,(H,15,16). The normalized spacial score (nSPS) is 14.5. The van der Waals surface area contributed by atoms with Gasteiger partial charge in [0.1, 0.15) is 6.10 Å². The molecule has 0 aliphatic rings. The van der Waals surface area contributed by atoms with Crippen molar-refractivity contribution in [2.45, 2.75) is 19.1 Å². The van der Waals surface area contributed by atoms with Gasteiger partial charge in [0.2, 0.25) is 0 Å². The predicted octanol–water partition coefficient (Wildman–Crippen LogP) is 0.710. The Bertz CT molecular complexity index is 398. The number of aliphatic hydroxyl groups is 2. The van der Waals surface area contributed by atoms with Crippen molar-refractivity contribution in [1.82, 2.24) is 0 Å². The highest BCUT2D eigenvalue weighted by Crippen LogP contribution is 2.28. The molecule has 0 aliphatic carbocycles. The predicted molar refractivity (Wildman–Crippen MR) is 59.2 cm³/mol. The molecule has 2 atom stereocenters. The molecule has 0 saturated heterocycles. The number of hydrogen-bond donors (Lipinski definition) is 4. The molecule has 1 rings (SSSR count). The van der Waals surface area contributed by atoms with Gasteiger partial charge in [0.15, 0.2) is 6.10 Å². The number of rotatable bonds is 3. The lowest BCUT2D eigenvalue weighted by Gasteiger charge is -2.16. The summed E-state index contributed by atoms with van der Waals surface area (Å²) < 4.78 is 0. The summed E-state index contributed by atoms with van der Waals surface area (Å²) >= 11 is 5.78. The molecule has 1 aromatic carbocycles. The number of aliphatic hydroxyl groups excluding tert-OH is 2. The first kappa shape index (κ1) is 12.8. The zero-order valence-corrected chi connectivity index (χ0v) is 9.27. The zero-order chi connectivity index (χ0) is 12.5. The van der Waals surface area contributed by atoms with Gasteiger partial charge in [-0.15, -0.1) is 0 Å². The number of nitrogens with two attached hydrogens (primary N) is 1. The van der Waals surface area contributed by atoms with E-state index in [-0.39, 0.29) is 10.6 Å². The summed E-state index contributed by atoms with van der Waals surface area (Å²) in [6.45, 7) is 1.67. The molecule has 0 radical (unpaired) electrons. The van der Waals surface area contributed by atoms with E-state index in [0.717, 1.165) is 0 Å². The maximum atomic E-state index is 10.5. The molecule has 0 aliphatic heterocycles. The number of halogens is 1. The third kappa shape index (κ3) is 2.44. The first-order chi connectivity index (χ1) is 7.34. The summed E-state index contributed by atoms with van der Waals surface area (Å²) in [7, 11) is 0. The van der Waals surface area contributed by atoms with E-state index in [4.69, 9.17) is 22.4 Å². The molecule has 5 N–H and O–H groups in total. The fraction of sp³-hybridized carbons (Fsp3) is 0.300. The van der Waals surface area contributed by atoms with Gasteiger partial charge in [0.25, 0.3) is 0 Å². The third-order valence-corrected chi connectivity index (χ3v) is 2.57. The fourth-order valence-corrected chi connectivity index (χ4v) is 1.54. The van der Waals surface area contributed by atoms with Crippen LogP contribution in [0, 0.1) is 6.92 Å². The number of aliphatic carboxylic acids is 1. The van der Waals surface area contributed by atoms with Crippen LogP contribution in [0.3, 0.4) is 0 Å². The molecular weight excluding hydrogens is 234 g/mol. The molecule has 0 heterocycles. The summed E-state index contributed by atoms with van der Waals surface area (Å²) in [5, 5.41) is 27.5. The molecule has 0 saturated carbocycles. The Morgan fingerprint density at radius 1 is 1.44 bits per heavy atom. The molecule has 1 aromatic rings. The molecule has 0 bridgehead atoms. The van der Waals surface area contributed by atoms with Crippen LogP contribution in [0.1, 0.15) is 17.2 Å². The summed E-state index contributed by atoms with van der Waals surface area (Å²) in [5.74, 6) is -1.50. The number of nitrogen functional groups attached to an aromatic ring is 1. The van der Waals surface area contributed by atoms with Gasteiger partial charge in [0.05, 0.1) is 10.7 Å². The second-order valence-corrected chi connectivity index (χ2v) is 3.87. The minimum Gasteiger partial charge on any atom is -0.479 e. The third-order valence-electron chi connectivity index (χ3n) is 2.25. The number of aryl methyl sites for hydroxylation is 1. The molecule has 5 nitrogen and oxygen atoms in total. The zero-order valence-electron chi connectivity index (χ0n) is 8.51. The first-order valence-corrected chi connectivity index (χ1v) is 4.87. The van der Waals surface area contributed by atoms with Gasteiger partial charge in [-0.05, 0) is 24.1 Å². The Morgan fingerprint density at radius 2 is 2.00 bits per heavy atom. The van der Waals surface area contributed by atoms with Gasteiger partial charge in [-0.25, -0.2) is 4.79 Å². The van der Waals surface area contributed by atoms with E-state index < -0.39 is 18.2 Å². The van der Waals surface area contributed by atoms with E-state index in [9.17, 15) is 15.0 Å². The van der Waals surface area contributed by atoms with E-state index in [1.807, 2.05) is 0 Å². The largest absolute Gasteiger partial charge is 0.479 e. The van der Waals surface area contributed by atoms with Gasteiger partial charge in [-0.1, -0.05) is 17.7 Å². The molecule has 6 heteroatoms. The fourth-order valence-electron chi connectivity index (χ4n) is 1.27. The van der Waals surface area contributed by atoms with Gasteiger partial charge >= 0.3 is 5.97 Å². The maximum absolute atomic E-state index is 10.5. The topological polar surface area (TPSA) is 104 Å². The lowest BCUT2D eigenvalue weighted by atomic mass is 10.0. The van der Waals surface area contributed by atoms with Crippen molar-refractivity contribution >= 4 is 23.3 Å². The van der Waals surface area contributed by atoms with Crippen LogP contribution in [-0.2, 0) is 4.79 Å². The molecule has 2 unspecified atom stereocenters. The highest BCUT2D eigenvalue weighted by atomic mass is 35.5. The van der Waals surface area contributed by atoms with Crippen LogP contribution in [0.15, 0.2) is 12.1 Å².